The molecule has 1 amide bonds. The van der Waals surface area contributed by atoms with E-state index in [-0.39, 0.29) is 5.41 Å². The van der Waals surface area contributed by atoms with Crippen molar-refractivity contribution in [3.8, 4) is 5.75 Å². The molecule has 0 aliphatic rings. The fourth-order valence-electron chi connectivity index (χ4n) is 1.91. The molecule has 1 aromatic rings. The number of halogens is 1. The van der Waals surface area contributed by atoms with E-state index in [1.807, 2.05) is 18.2 Å². The second-order valence-electron chi connectivity index (χ2n) is 5.55. The van der Waals surface area contributed by atoms with Crippen LogP contribution in [0.15, 0.2) is 22.7 Å². The zero-order valence-electron chi connectivity index (χ0n) is 11.7. The molecule has 0 heterocycles. The Kier molecular flexibility index (Phi) is 5.23. The molecular weight excluding hydrogens is 310 g/mol. The van der Waals surface area contributed by atoms with Crippen molar-refractivity contribution in [2.75, 3.05) is 7.11 Å². The molecule has 106 valence electrons. The van der Waals surface area contributed by atoms with Crippen LogP contribution in [0.2, 0.25) is 0 Å². The number of hydrogen-bond acceptors (Lipinski definition) is 3. The number of benzene rings is 1. The zero-order valence-corrected chi connectivity index (χ0v) is 13.3. The highest BCUT2D eigenvalue weighted by Crippen LogP contribution is 2.39. The fraction of sp³-hybridized carbons (Fsp3) is 0.500. The molecule has 1 aromatic carbocycles. The molecule has 1 rings (SSSR count). The molecule has 0 spiro atoms. The Morgan fingerprint density at radius 2 is 2.05 bits per heavy atom. The monoisotopic (exact) mass is 329 g/mol. The summed E-state index contributed by atoms with van der Waals surface area (Å²) < 4.78 is 11.4. The van der Waals surface area contributed by atoms with E-state index in [0.717, 1.165) is 10.0 Å². The first-order valence-corrected chi connectivity index (χ1v) is 6.82. The lowest BCUT2D eigenvalue weighted by molar-refractivity contribution is 0.0773. The van der Waals surface area contributed by atoms with Crippen molar-refractivity contribution in [1.82, 2.24) is 0 Å². The molecule has 2 N–H and O–H groups in total. The average molecular weight is 330 g/mol. The van der Waals surface area contributed by atoms with Crippen LogP contribution in [0.3, 0.4) is 0 Å². The minimum atomic E-state index is -0.781. The normalized spacial score (nSPS) is 12.9. The van der Waals surface area contributed by atoms with Crippen molar-refractivity contribution in [1.29, 1.82) is 0 Å². The van der Waals surface area contributed by atoms with Crippen LogP contribution in [0.25, 0.3) is 0 Å². The molecule has 4 nitrogen and oxygen atoms in total. The number of nitrogens with two attached hydrogens (primary N) is 1. The molecule has 0 saturated heterocycles. The number of hydrogen-bond donors (Lipinski definition) is 1. The highest BCUT2D eigenvalue weighted by atomic mass is 79.9. The average Bonchev–Trinajstić information content (AvgIpc) is 2.25. The van der Waals surface area contributed by atoms with Crippen LogP contribution in [-0.4, -0.2) is 13.2 Å². The van der Waals surface area contributed by atoms with Crippen molar-refractivity contribution in [2.45, 2.75) is 33.3 Å². The van der Waals surface area contributed by atoms with Gasteiger partial charge in [0.15, 0.2) is 0 Å². The number of carbonyl (C=O) groups excluding carboxylic acids is 1. The maximum atomic E-state index is 11.1. The lowest BCUT2D eigenvalue weighted by atomic mass is 9.86. The Labute approximate surface area is 122 Å². The van der Waals surface area contributed by atoms with Crippen LogP contribution >= 0.6 is 15.9 Å². The number of amides is 1. The molecule has 5 heteroatoms. The van der Waals surface area contributed by atoms with Crippen LogP contribution in [0.4, 0.5) is 4.79 Å². The summed E-state index contributed by atoms with van der Waals surface area (Å²) in [6.07, 6.45) is -0.552. The lowest BCUT2D eigenvalue weighted by Crippen LogP contribution is -2.22. The molecule has 0 radical (unpaired) electrons. The number of ether oxygens (including phenoxy) is 2. The van der Waals surface area contributed by atoms with E-state index in [1.165, 1.54) is 0 Å². The molecule has 19 heavy (non-hydrogen) atoms. The van der Waals surface area contributed by atoms with E-state index in [1.54, 1.807) is 7.11 Å². The van der Waals surface area contributed by atoms with E-state index in [4.69, 9.17) is 15.2 Å². The third-order valence-corrected chi connectivity index (χ3v) is 3.23. The maximum absolute atomic E-state index is 11.1. The number of rotatable bonds is 4. The van der Waals surface area contributed by atoms with Gasteiger partial charge in [-0.2, -0.15) is 0 Å². The Balaban J connectivity index is 3.16. The molecule has 1 atom stereocenters. The Morgan fingerprint density at radius 3 is 2.53 bits per heavy atom. The minimum absolute atomic E-state index is 0.00650. The Hall–Kier alpha value is -1.23. The molecule has 0 fully saturated rings. The quantitative estimate of drug-likeness (QED) is 0.906. The van der Waals surface area contributed by atoms with Gasteiger partial charge in [-0.05, 0) is 33.8 Å². The van der Waals surface area contributed by atoms with E-state index >= 15 is 0 Å². The van der Waals surface area contributed by atoms with Crippen LogP contribution in [0.5, 0.6) is 5.75 Å². The van der Waals surface area contributed by atoms with Gasteiger partial charge in [0.25, 0.3) is 0 Å². The SMILES string of the molecule is COc1c(Br)cccc1[C@@H](CC(C)(C)C)OC(N)=O. The van der Waals surface area contributed by atoms with Gasteiger partial charge in [0.2, 0.25) is 0 Å². The molecule has 0 saturated carbocycles. The van der Waals surface area contributed by atoms with E-state index in [2.05, 4.69) is 36.7 Å². The summed E-state index contributed by atoms with van der Waals surface area (Å²) in [6, 6.07) is 5.63. The van der Waals surface area contributed by atoms with Crippen LogP contribution in [0.1, 0.15) is 38.9 Å². The minimum Gasteiger partial charge on any atom is -0.495 e. The summed E-state index contributed by atoms with van der Waals surface area (Å²) >= 11 is 3.42. The predicted molar refractivity (Wildman–Crippen MR) is 78.2 cm³/mol. The van der Waals surface area contributed by atoms with Gasteiger partial charge in [-0.1, -0.05) is 32.9 Å². The third kappa shape index (κ3) is 4.74. The second kappa shape index (κ2) is 6.28. The molecule has 0 aliphatic heterocycles. The van der Waals surface area contributed by atoms with Crippen molar-refractivity contribution in [2.24, 2.45) is 11.1 Å². The summed E-state index contributed by atoms with van der Waals surface area (Å²) in [5.74, 6) is 0.665. The second-order valence-corrected chi connectivity index (χ2v) is 6.41. The van der Waals surface area contributed by atoms with Crippen molar-refractivity contribution in [3.05, 3.63) is 28.2 Å². The smallest absolute Gasteiger partial charge is 0.405 e. The molecular formula is C14H20BrNO3. The first kappa shape index (κ1) is 15.8. The van der Waals surface area contributed by atoms with Gasteiger partial charge in [0.1, 0.15) is 11.9 Å². The third-order valence-electron chi connectivity index (χ3n) is 2.60. The topological polar surface area (TPSA) is 61.6 Å². The number of carbonyl (C=O) groups is 1. The molecule has 0 bridgehead atoms. The highest BCUT2D eigenvalue weighted by Gasteiger charge is 2.26. The Morgan fingerprint density at radius 1 is 1.42 bits per heavy atom. The summed E-state index contributed by atoms with van der Waals surface area (Å²) in [5.41, 5.74) is 5.97. The summed E-state index contributed by atoms with van der Waals surface area (Å²) in [4.78, 5) is 11.1. The zero-order chi connectivity index (χ0) is 14.6. The van der Waals surface area contributed by atoms with Crippen LogP contribution < -0.4 is 10.5 Å². The van der Waals surface area contributed by atoms with E-state index in [0.29, 0.717) is 12.2 Å². The standard InChI is InChI=1S/C14H20BrNO3/c1-14(2,3)8-11(19-13(16)17)9-6-5-7-10(15)12(9)18-4/h5-7,11H,8H2,1-4H3,(H2,16,17)/t11-/m1/s1. The number of primary amides is 1. The molecule has 0 aromatic heterocycles. The van der Waals surface area contributed by atoms with Gasteiger partial charge in [-0.15, -0.1) is 0 Å². The van der Waals surface area contributed by atoms with Crippen molar-refractivity contribution < 1.29 is 14.3 Å². The first-order chi connectivity index (χ1) is 8.74. The van der Waals surface area contributed by atoms with Gasteiger partial charge in [-0.3, -0.25) is 0 Å². The summed E-state index contributed by atoms with van der Waals surface area (Å²) in [5, 5.41) is 0. The summed E-state index contributed by atoms with van der Waals surface area (Å²) in [7, 11) is 1.59. The lowest BCUT2D eigenvalue weighted by Gasteiger charge is -2.27. The largest absolute Gasteiger partial charge is 0.495 e. The fourth-order valence-corrected chi connectivity index (χ4v) is 2.45. The van der Waals surface area contributed by atoms with Gasteiger partial charge in [0, 0.05) is 5.56 Å². The number of methoxy groups -OCH3 is 1. The maximum Gasteiger partial charge on any atom is 0.405 e. The Bertz CT molecular complexity index is 454. The van der Waals surface area contributed by atoms with Crippen LogP contribution in [0, 0.1) is 5.41 Å². The molecule has 0 aliphatic carbocycles. The van der Waals surface area contributed by atoms with Gasteiger partial charge in [0.05, 0.1) is 11.6 Å². The van der Waals surface area contributed by atoms with Crippen LogP contribution in [-0.2, 0) is 4.74 Å². The number of para-hydroxylation sites is 1. The predicted octanol–water partition coefficient (Wildman–Crippen LogP) is 4.03. The van der Waals surface area contributed by atoms with Gasteiger partial charge in [-0.25, -0.2) is 4.79 Å². The van der Waals surface area contributed by atoms with Crippen molar-refractivity contribution >= 4 is 22.0 Å². The van der Waals surface area contributed by atoms with E-state index in [9.17, 15) is 4.79 Å². The van der Waals surface area contributed by atoms with Crippen molar-refractivity contribution in [3.63, 3.8) is 0 Å². The van der Waals surface area contributed by atoms with Gasteiger partial charge < -0.3 is 15.2 Å². The highest BCUT2D eigenvalue weighted by molar-refractivity contribution is 9.10. The van der Waals surface area contributed by atoms with E-state index < -0.39 is 12.2 Å². The summed E-state index contributed by atoms with van der Waals surface area (Å²) in [6.45, 7) is 6.23. The first-order valence-electron chi connectivity index (χ1n) is 6.03. The molecule has 0 unspecified atom stereocenters. The van der Waals surface area contributed by atoms with Gasteiger partial charge >= 0.3 is 6.09 Å².